The van der Waals surface area contributed by atoms with Crippen LogP contribution in [-0.4, -0.2) is 16.2 Å². The lowest BCUT2D eigenvalue weighted by atomic mass is 9.94. The van der Waals surface area contributed by atoms with Gasteiger partial charge in [0.2, 0.25) is 5.91 Å². The molecule has 188 valence electrons. The highest BCUT2D eigenvalue weighted by Gasteiger charge is 2.24. The van der Waals surface area contributed by atoms with Crippen LogP contribution >= 0.6 is 11.6 Å². The standard InChI is InChI=1S/C30H27ClN2O4/c1-17-13-23(31)10-11-24(17)29(21-7-5-4-6-8-21)32-27(34)15-20-9-12-25-22(14-20)16-26(36-25)30(35)28-18(2)33-37-19(28)3/h4-14,16,29-30,35H,15H2,1-3H3,(H,32,34). The monoisotopic (exact) mass is 514 g/mol. The summed E-state index contributed by atoms with van der Waals surface area (Å²) in [6, 6.07) is 22.7. The molecule has 5 rings (SSSR count). The molecule has 3 aromatic carbocycles. The Labute approximate surface area is 219 Å². The lowest BCUT2D eigenvalue weighted by molar-refractivity contribution is -0.120. The third-order valence-corrected chi connectivity index (χ3v) is 6.81. The third kappa shape index (κ3) is 5.17. The SMILES string of the molecule is Cc1cc(Cl)ccc1C(NC(=O)Cc1ccc2oc(C(O)c3c(C)noc3C)cc2c1)c1ccccc1. The number of aliphatic hydroxyl groups is 1. The van der Waals surface area contributed by atoms with Gasteiger partial charge in [0.15, 0.2) is 0 Å². The summed E-state index contributed by atoms with van der Waals surface area (Å²) in [6.07, 6.45) is -0.793. The van der Waals surface area contributed by atoms with Crippen molar-refractivity contribution < 1.29 is 18.8 Å². The zero-order valence-corrected chi connectivity index (χ0v) is 21.5. The molecule has 7 heteroatoms. The second-order valence-electron chi connectivity index (χ2n) is 9.25. The number of carbonyl (C=O) groups is 1. The Kier molecular flexibility index (Phi) is 6.87. The van der Waals surface area contributed by atoms with Gasteiger partial charge in [-0.1, -0.05) is 59.2 Å². The number of amides is 1. The molecule has 0 fully saturated rings. The van der Waals surface area contributed by atoms with Crippen molar-refractivity contribution in [3.8, 4) is 0 Å². The van der Waals surface area contributed by atoms with E-state index in [2.05, 4.69) is 10.5 Å². The quantitative estimate of drug-likeness (QED) is 0.258. The summed E-state index contributed by atoms with van der Waals surface area (Å²) < 4.78 is 11.1. The fourth-order valence-electron chi connectivity index (χ4n) is 4.73. The van der Waals surface area contributed by atoms with Crippen LogP contribution in [0.15, 0.2) is 81.7 Å². The molecule has 2 atom stereocenters. The molecule has 0 aliphatic carbocycles. The molecule has 2 aromatic heterocycles. The Morgan fingerprint density at radius 1 is 1.03 bits per heavy atom. The lowest BCUT2D eigenvalue weighted by Crippen LogP contribution is -2.31. The second kappa shape index (κ2) is 10.2. The van der Waals surface area contributed by atoms with E-state index < -0.39 is 6.10 Å². The summed E-state index contributed by atoms with van der Waals surface area (Å²) in [5.41, 5.74) is 5.67. The fourth-order valence-corrected chi connectivity index (χ4v) is 4.95. The number of furan rings is 1. The Morgan fingerprint density at radius 3 is 2.51 bits per heavy atom. The predicted octanol–water partition coefficient (Wildman–Crippen LogP) is 6.53. The molecule has 0 radical (unpaired) electrons. The minimum Gasteiger partial charge on any atom is -0.458 e. The van der Waals surface area contributed by atoms with Crippen molar-refractivity contribution in [3.63, 3.8) is 0 Å². The second-order valence-corrected chi connectivity index (χ2v) is 9.69. The van der Waals surface area contributed by atoms with Gasteiger partial charge < -0.3 is 19.4 Å². The maximum Gasteiger partial charge on any atom is 0.225 e. The number of nitrogens with one attached hydrogen (secondary N) is 1. The van der Waals surface area contributed by atoms with Crippen LogP contribution in [0.3, 0.4) is 0 Å². The van der Waals surface area contributed by atoms with Crippen LogP contribution in [0.4, 0.5) is 0 Å². The number of benzene rings is 3. The molecular formula is C30H27ClN2O4. The molecule has 37 heavy (non-hydrogen) atoms. The Bertz CT molecular complexity index is 1550. The molecule has 2 heterocycles. The summed E-state index contributed by atoms with van der Waals surface area (Å²) in [6.45, 7) is 5.53. The van der Waals surface area contributed by atoms with E-state index in [1.165, 1.54) is 0 Å². The van der Waals surface area contributed by atoms with E-state index in [0.29, 0.717) is 33.4 Å². The van der Waals surface area contributed by atoms with E-state index in [1.807, 2.05) is 73.7 Å². The zero-order chi connectivity index (χ0) is 26.1. The highest BCUT2D eigenvalue weighted by Crippen LogP contribution is 2.32. The van der Waals surface area contributed by atoms with Gasteiger partial charge in [-0.25, -0.2) is 0 Å². The number of hydrogen-bond acceptors (Lipinski definition) is 5. The summed E-state index contributed by atoms with van der Waals surface area (Å²) in [5.74, 6) is 0.835. The first-order valence-corrected chi connectivity index (χ1v) is 12.4. The minimum absolute atomic E-state index is 0.109. The average molecular weight is 515 g/mol. The zero-order valence-electron chi connectivity index (χ0n) is 20.8. The summed E-state index contributed by atoms with van der Waals surface area (Å²) in [7, 11) is 0. The molecule has 0 aliphatic heterocycles. The average Bonchev–Trinajstić information content (AvgIpc) is 3.45. The first-order chi connectivity index (χ1) is 17.8. The molecule has 0 saturated heterocycles. The predicted molar refractivity (Wildman–Crippen MR) is 143 cm³/mol. The molecule has 0 spiro atoms. The van der Waals surface area contributed by atoms with Crippen molar-refractivity contribution in [2.24, 2.45) is 0 Å². The van der Waals surface area contributed by atoms with Gasteiger partial charge in [-0.3, -0.25) is 4.79 Å². The van der Waals surface area contributed by atoms with Crippen molar-refractivity contribution >= 4 is 28.5 Å². The number of aliphatic hydroxyl groups excluding tert-OH is 1. The van der Waals surface area contributed by atoms with Gasteiger partial charge >= 0.3 is 0 Å². The molecule has 0 aliphatic rings. The molecular weight excluding hydrogens is 488 g/mol. The van der Waals surface area contributed by atoms with Crippen LogP contribution in [0.5, 0.6) is 0 Å². The number of aromatic nitrogens is 1. The minimum atomic E-state index is -0.986. The van der Waals surface area contributed by atoms with Crippen LogP contribution in [0, 0.1) is 20.8 Å². The molecule has 2 N–H and O–H groups in total. The van der Waals surface area contributed by atoms with Crippen LogP contribution in [-0.2, 0) is 11.2 Å². The summed E-state index contributed by atoms with van der Waals surface area (Å²) in [4.78, 5) is 13.2. The van der Waals surface area contributed by atoms with Crippen LogP contribution in [0.25, 0.3) is 11.0 Å². The van der Waals surface area contributed by atoms with Crippen LogP contribution in [0.2, 0.25) is 5.02 Å². The largest absolute Gasteiger partial charge is 0.458 e. The van der Waals surface area contributed by atoms with Gasteiger partial charge in [-0.15, -0.1) is 0 Å². The topological polar surface area (TPSA) is 88.5 Å². The molecule has 0 bridgehead atoms. The van der Waals surface area contributed by atoms with E-state index in [4.69, 9.17) is 20.5 Å². The van der Waals surface area contributed by atoms with E-state index in [9.17, 15) is 9.90 Å². The highest BCUT2D eigenvalue weighted by atomic mass is 35.5. The summed E-state index contributed by atoms with van der Waals surface area (Å²) in [5, 5.41) is 19.4. The third-order valence-electron chi connectivity index (χ3n) is 6.58. The number of rotatable bonds is 7. The highest BCUT2D eigenvalue weighted by molar-refractivity contribution is 6.30. The number of aryl methyl sites for hydroxylation is 3. The van der Waals surface area contributed by atoms with E-state index in [0.717, 1.165) is 27.6 Å². The van der Waals surface area contributed by atoms with E-state index in [-0.39, 0.29) is 18.4 Å². The van der Waals surface area contributed by atoms with Crippen molar-refractivity contribution in [2.45, 2.75) is 39.3 Å². The van der Waals surface area contributed by atoms with E-state index in [1.54, 1.807) is 19.9 Å². The smallest absolute Gasteiger partial charge is 0.225 e. The first kappa shape index (κ1) is 24.8. The Balaban J connectivity index is 1.37. The maximum atomic E-state index is 13.2. The lowest BCUT2D eigenvalue weighted by Gasteiger charge is -2.22. The normalized spacial score (nSPS) is 13.0. The number of nitrogens with zero attached hydrogens (tertiary/aromatic N) is 1. The fraction of sp³-hybridized carbons (Fsp3) is 0.200. The van der Waals surface area contributed by atoms with Crippen LogP contribution < -0.4 is 5.32 Å². The van der Waals surface area contributed by atoms with Crippen molar-refractivity contribution in [3.05, 3.63) is 123 Å². The van der Waals surface area contributed by atoms with Gasteiger partial charge in [0, 0.05) is 10.4 Å². The van der Waals surface area contributed by atoms with Gasteiger partial charge in [0.25, 0.3) is 0 Å². The van der Waals surface area contributed by atoms with Gasteiger partial charge in [0.05, 0.1) is 23.7 Å². The Morgan fingerprint density at radius 2 is 1.81 bits per heavy atom. The van der Waals surface area contributed by atoms with Gasteiger partial charge in [-0.2, -0.15) is 0 Å². The van der Waals surface area contributed by atoms with Crippen molar-refractivity contribution in [1.29, 1.82) is 0 Å². The number of carbonyl (C=O) groups excluding carboxylic acids is 1. The number of fused-ring (bicyclic) bond motifs is 1. The molecule has 1 amide bonds. The molecule has 0 saturated carbocycles. The van der Waals surface area contributed by atoms with Crippen LogP contribution in [0.1, 0.15) is 57.2 Å². The van der Waals surface area contributed by atoms with Crippen molar-refractivity contribution in [1.82, 2.24) is 10.5 Å². The maximum absolute atomic E-state index is 13.2. The van der Waals surface area contributed by atoms with Gasteiger partial charge in [0.1, 0.15) is 23.2 Å². The molecule has 2 unspecified atom stereocenters. The molecule has 5 aromatic rings. The molecule has 6 nitrogen and oxygen atoms in total. The van der Waals surface area contributed by atoms with Gasteiger partial charge in [-0.05, 0) is 73.4 Å². The van der Waals surface area contributed by atoms with Crippen molar-refractivity contribution in [2.75, 3.05) is 0 Å². The van der Waals surface area contributed by atoms with E-state index >= 15 is 0 Å². The number of hydrogen-bond donors (Lipinski definition) is 2. The summed E-state index contributed by atoms with van der Waals surface area (Å²) >= 11 is 6.18. The number of halogens is 1. The Hall–Kier alpha value is -3.87. The first-order valence-electron chi connectivity index (χ1n) is 12.0.